The summed E-state index contributed by atoms with van der Waals surface area (Å²) in [4.78, 5) is 26.2. The highest BCUT2D eigenvalue weighted by Crippen LogP contribution is 2.28. The third-order valence-electron chi connectivity index (χ3n) is 5.86. The predicted octanol–water partition coefficient (Wildman–Crippen LogP) is 5.11. The Bertz CT molecular complexity index is 1260. The smallest absolute Gasteiger partial charge is 0.406 e. The van der Waals surface area contributed by atoms with Gasteiger partial charge in [-0.05, 0) is 55.2 Å². The Morgan fingerprint density at radius 3 is 2.45 bits per heavy atom. The summed E-state index contributed by atoms with van der Waals surface area (Å²) in [5.74, 6) is -0.427. The predicted molar refractivity (Wildman–Crippen MR) is 132 cm³/mol. The van der Waals surface area contributed by atoms with E-state index in [1.165, 1.54) is 49.6 Å². The molecule has 1 aliphatic heterocycles. The highest BCUT2D eigenvalue weighted by Gasteiger charge is 2.31. The lowest BCUT2D eigenvalue weighted by Crippen LogP contribution is -2.38. The van der Waals surface area contributed by atoms with Gasteiger partial charge in [-0.25, -0.2) is 14.4 Å². The number of nitrogens with zero attached hydrogens (tertiary/aromatic N) is 4. The van der Waals surface area contributed by atoms with Gasteiger partial charge in [0, 0.05) is 31.4 Å². The first-order valence-electron chi connectivity index (χ1n) is 11.8. The molecule has 1 amide bonds. The van der Waals surface area contributed by atoms with Gasteiger partial charge in [-0.2, -0.15) is 4.98 Å². The van der Waals surface area contributed by atoms with Crippen molar-refractivity contribution >= 4 is 29.2 Å². The maximum Gasteiger partial charge on any atom is 0.573 e. The molecule has 0 bridgehead atoms. The van der Waals surface area contributed by atoms with Gasteiger partial charge in [0.2, 0.25) is 17.8 Å². The number of hydrogen-bond acceptors (Lipinski definition) is 8. The van der Waals surface area contributed by atoms with Gasteiger partial charge < -0.3 is 25.0 Å². The molecule has 202 valence electrons. The summed E-state index contributed by atoms with van der Waals surface area (Å²) in [6.07, 6.45) is -1.99. The minimum atomic E-state index is -4.73. The summed E-state index contributed by atoms with van der Waals surface area (Å²) < 4.78 is 60.8. The topological polar surface area (TPSA) is 102 Å². The molecule has 0 unspecified atom stereocenters. The van der Waals surface area contributed by atoms with E-state index >= 15 is 0 Å². The molecule has 1 fully saturated rings. The number of amides is 1. The van der Waals surface area contributed by atoms with Crippen molar-refractivity contribution in [2.75, 3.05) is 28.6 Å². The van der Waals surface area contributed by atoms with Gasteiger partial charge in [0.1, 0.15) is 17.9 Å². The fraction of sp³-hybridized carbons (Fsp3) is 0.360. The SMILES string of the molecule is CC(=O)Nc1cc(F)cc(Nc2ncnc(N3CCC(OCc4ccc(OC(F)(F)F)cc4)CC3)n2)c1C. The van der Waals surface area contributed by atoms with Gasteiger partial charge in [-0.1, -0.05) is 12.1 Å². The number of alkyl halides is 3. The van der Waals surface area contributed by atoms with Crippen molar-refractivity contribution in [2.24, 2.45) is 0 Å². The Labute approximate surface area is 216 Å². The molecule has 0 saturated carbocycles. The molecule has 0 aliphatic carbocycles. The zero-order valence-electron chi connectivity index (χ0n) is 20.7. The fourth-order valence-corrected chi connectivity index (χ4v) is 3.97. The lowest BCUT2D eigenvalue weighted by Gasteiger charge is -2.32. The number of carbonyl (C=O) groups excluding carboxylic acids is 1. The van der Waals surface area contributed by atoms with Crippen molar-refractivity contribution in [3.05, 3.63) is 59.7 Å². The second kappa shape index (κ2) is 11.6. The monoisotopic (exact) mass is 534 g/mol. The van der Waals surface area contributed by atoms with Crippen molar-refractivity contribution in [1.82, 2.24) is 15.0 Å². The van der Waals surface area contributed by atoms with E-state index in [4.69, 9.17) is 4.74 Å². The molecule has 0 atom stereocenters. The van der Waals surface area contributed by atoms with Crippen molar-refractivity contribution in [2.45, 2.75) is 45.8 Å². The lowest BCUT2D eigenvalue weighted by molar-refractivity contribution is -0.274. The van der Waals surface area contributed by atoms with Gasteiger partial charge >= 0.3 is 6.36 Å². The van der Waals surface area contributed by atoms with Gasteiger partial charge in [0.25, 0.3) is 0 Å². The summed E-state index contributed by atoms with van der Waals surface area (Å²) in [7, 11) is 0. The minimum absolute atomic E-state index is 0.0288. The van der Waals surface area contributed by atoms with Crippen LogP contribution in [0.3, 0.4) is 0 Å². The number of carbonyl (C=O) groups is 1. The first-order chi connectivity index (χ1) is 18.1. The van der Waals surface area contributed by atoms with E-state index in [1.54, 1.807) is 6.92 Å². The van der Waals surface area contributed by atoms with Crippen LogP contribution in [0.25, 0.3) is 0 Å². The molecule has 2 heterocycles. The summed E-state index contributed by atoms with van der Waals surface area (Å²) in [6.45, 7) is 4.60. The number of rotatable bonds is 8. The molecule has 0 spiro atoms. The third-order valence-corrected chi connectivity index (χ3v) is 5.86. The third kappa shape index (κ3) is 7.51. The van der Waals surface area contributed by atoms with Crippen LogP contribution in [-0.2, 0) is 16.1 Å². The van der Waals surface area contributed by atoms with Crippen LogP contribution >= 0.6 is 0 Å². The zero-order chi connectivity index (χ0) is 27.3. The van der Waals surface area contributed by atoms with Crippen molar-refractivity contribution in [1.29, 1.82) is 0 Å². The Kier molecular flexibility index (Phi) is 8.25. The number of benzene rings is 2. The van der Waals surface area contributed by atoms with E-state index in [9.17, 15) is 22.4 Å². The average Bonchev–Trinajstić information content (AvgIpc) is 2.86. The number of halogens is 4. The summed E-state index contributed by atoms with van der Waals surface area (Å²) >= 11 is 0. The van der Waals surface area contributed by atoms with E-state index in [2.05, 4.69) is 30.3 Å². The van der Waals surface area contributed by atoms with Crippen LogP contribution in [0.5, 0.6) is 5.75 Å². The molecule has 2 aromatic carbocycles. The van der Waals surface area contributed by atoms with Gasteiger partial charge in [0.15, 0.2) is 0 Å². The second-order valence-electron chi connectivity index (χ2n) is 8.73. The Balaban J connectivity index is 1.31. The normalized spacial score (nSPS) is 14.3. The molecule has 1 aliphatic rings. The molecular weight excluding hydrogens is 508 g/mol. The van der Waals surface area contributed by atoms with Crippen LogP contribution in [0.4, 0.5) is 40.8 Å². The van der Waals surface area contributed by atoms with Crippen molar-refractivity contribution < 1.29 is 31.8 Å². The quantitative estimate of drug-likeness (QED) is 0.385. The summed E-state index contributed by atoms with van der Waals surface area (Å²) in [5, 5.41) is 5.59. The van der Waals surface area contributed by atoms with Crippen LogP contribution in [-0.4, -0.2) is 46.4 Å². The van der Waals surface area contributed by atoms with E-state index in [0.717, 1.165) is 5.56 Å². The first-order valence-corrected chi connectivity index (χ1v) is 11.8. The largest absolute Gasteiger partial charge is 0.573 e. The zero-order valence-corrected chi connectivity index (χ0v) is 20.7. The maximum absolute atomic E-state index is 14.1. The standard InChI is InChI=1S/C25H26F4N6O3/c1-15-21(32-16(2)36)11-18(26)12-22(15)33-23-30-14-31-24(34-23)35-9-7-19(8-10-35)37-13-17-3-5-20(6-4-17)38-25(27,28)29/h3-6,11-12,14,19H,7-10,13H2,1-2H3,(H,32,36)(H,30,31,33,34). The molecule has 4 rings (SSSR count). The Morgan fingerprint density at radius 1 is 1.11 bits per heavy atom. The Morgan fingerprint density at radius 2 is 1.79 bits per heavy atom. The van der Waals surface area contributed by atoms with Crippen molar-refractivity contribution in [3.63, 3.8) is 0 Å². The highest BCUT2D eigenvalue weighted by atomic mass is 19.4. The molecule has 38 heavy (non-hydrogen) atoms. The minimum Gasteiger partial charge on any atom is -0.406 e. The molecule has 1 aromatic heterocycles. The average molecular weight is 535 g/mol. The second-order valence-corrected chi connectivity index (χ2v) is 8.73. The van der Waals surface area contributed by atoms with E-state index in [-0.39, 0.29) is 30.3 Å². The summed E-state index contributed by atoms with van der Waals surface area (Å²) in [5.41, 5.74) is 2.13. The molecule has 13 heteroatoms. The van der Waals surface area contributed by atoms with Crippen LogP contribution < -0.4 is 20.3 Å². The number of nitrogens with one attached hydrogen (secondary N) is 2. The number of aromatic nitrogens is 3. The molecular formula is C25H26F4N6O3. The van der Waals surface area contributed by atoms with Crippen LogP contribution in [0.2, 0.25) is 0 Å². The van der Waals surface area contributed by atoms with E-state index < -0.39 is 12.2 Å². The number of piperidine rings is 1. The molecule has 1 saturated heterocycles. The van der Waals surface area contributed by atoms with Crippen LogP contribution in [0.15, 0.2) is 42.7 Å². The van der Waals surface area contributed by atoms with Gasteiger partial charge in [-0.3, -0.25) is 4.79 Å². The molecule has 9 nitrogen and oxygen atoms in total. The molecule has 3 aromatic rings. The number of ether oxygens (including phenoxy) is 2. The fourth-order valence-electron chi connectivity index (χ4n) is 3.97. The van der Waals surface area contributed by atoms with Crippen molar-refractivity contribution in [3.8, 4) is 5.75 Å². The van der Waals surface area contributed by atoms with E-state index in [0.29, 0.717) is 48.8 Å². The summed E-state index contributed by atoms with van der Waals surface area (Å²) in [6, 6.07) is 8.12. The number of anilines is 4. The lowest BCUT2D eigenvalue weighted by atomic mass is 10.1. The Hall–Kier alpha value is -4.00. The maximum atomic E-state index is 14.1. The first kappa shape index (κ1) is 27.0. The number of hydrogen-bond donors (Lipinski definition) is 2. The van der Waals surface area contributed by atoms with Crippen LogP contribution in [0.1, 0.15) is 30.9 Å². The highest BCUT2D eigenvalue weighted by molar-refractivity contribution is 5.90. The van der Waals surface area contributed by atoms with Gasteiger partial charge in [-0.15, -0.1) is 13.2 Å². The van der Waals surface area contributed by atoms with Crippen LogP contribution in [0, 0.1) is 12.7 Å². The van der Waals surface area contributed by atoms with Gasteiger partial charge in [0.05, 0.1) is 12.7 Å². The molecule has 2 N–H and O–H groups in total. The van der Waals surface area contributed by atoms with E-state index in [1.807, 2.05) is 4.90 Å². The molecule has 0 radical (unpaired) electrons.